The highest BCUT2D eigenvalue weighted by Gasteiger charge is 2.37. The molecule has 1 aliphatic rings. The first-order valence-electron chi connectivity index (χ1n) is 5.29. The average Bonchev–Trinajstić information content (AvgIpc) is 2.68. The van der Waals surface area contributed by atoms with Gasteiger partial charge in [0, 0.05) is 12.2 Å². The van der Waals surface area contributed by atoms with Crippen LogP contribution in [-0.4, -0.2) is 16.3 Å². The fraction of sp³-hybridized carbons (Fsp3) is 0.636. The largest absolute Gasteiger partial charge is 0.394 e. The summed E-state index contributed by atoms with van der Waals surface area (Å²) in [5.41, 5.74) is 8.00. The van der Waals surface area contributed by atoms with Gasteiger partial charge in [-0.1, -0.05) is 0 Å². The predicted octanol–water partition coefficient (Wildman–Crippen LogP) is 1.92. The number of hydrogen-bond acceptors (Lipinski definition) is 2. The molecule has 4 heteroatoms. The molecule has 1 aromatic heterocycles. The number of hydrogen-bond donors (Lipinski definition) is 2. The zero-order valence-corrected chi connectivity index (χ0v) is 10.7. The van der Waals surface area contributed by atoms with Crippen molar-refractivity contribution in [2.24, 2.45) is 5.73 Å². The minimum absolute atomic E-state index is 0.0224. The first kappa shape index (κ1) is 11.2. The van der Waals surface area contributed by atoms with Crippen LogP contribution in [0.3, 0.4) is 0 Å². The Morgan fingerprint density at radius 2 is 2.33 bits per heavy atom. The first-order valence-corrected chi connectivity index (χ1v) is 6.08. The molecule has 1 unspecified atom stereocenters. The molecule has 2 rings (SSSR count). The summed E-state index contributed by atoms with van der Waals surface area (Å²) in [6, 6.07) is 0.410. The molecule has 0 fully saturated rings. The molecule has 3 nitrogen and oxygen atoms in total. The van der Waals surface area contributed by atoms with Gasteiger partial charge in [0.15, 0.2) is 0 Å². The van der Waals surface area contributed by atoms with Crippen LogP contribution in [0, 0.1) is 0 Å². The first-order chi connectivity index (χ1) is 6.99. The zero-order chi connectivity index (χ0) is 11.2. The predicted molar refractivity (Wildman–Crippen MR) is 63.8 cm³/mol. The van der Waals surface area contributed by atoms with E-state index in [0.29, 0.717) is 6.04 Å². The Morgan fingerprint density at radius 1 is 1.67 bits per heavy atom. The van der Waals surface area contributed by atoms with E-state index in [0.717, 1.165) is 23.0 Å². The molecule has 0 aromatic carbocycles. The summed E-state index contributed by atoms with van der Waals surface area (Å²) in [5, 5.41) is 9.36. The van der Waals surface area contributed by atoms with Crippen LogP contribution >= 0.6 is 15.9 Å². The minimum Gasteiger partial charge on any atom is -0.394 e. The van der Waals surface area contributed by atoms with Gasteiger partial charge < -0.3 is 15.4 Å². The Bertz CT molecular complexity index is 386. The number of fused-ring (bicyclic) bond motifs is 1. The van der Waals surface area contributed by atoms with Gasteiger partial charge in [0.2, 0.25) is 0 Å². The van der Waals surface area contributed by atoms with Gasteiger partial charge in [-0.05, 0) is 53.7 Å². The van der Waals surface area contributed by atoms with E-state index in [1.807, 2.05) is 0 Å². The van der Waals surface area contributed by atoms with Crippen LogP contribution < -0.4 is 5.73 Å². The number of nitrogens with two attached hydrogens (primary N) is 1. The summed E-state index contributed by atoms with van der Waals surface area (Å²) in [4.78, 5) is 0. The molecule has 0 saturated heterocycles. The Labute approximate surface area is 98.4 Å². The highest BCUT2D eigenvalue weighted by atomic mass is 79.9. The van der Waals surface area contributed by atoms with E-state index in [2.05, 4.69) is 40.5 Å². The molecule has 0 saturated carbocycles. The van der Waals surface area contributed by atoms with Gasteiger partial charge in [-0.2, -0.15) is 0 Å². The molecular weight excluding hydrogens is 256 g/mol. The number of aromatic nitrogens is 1. The zero-order valence-electron chi connectivity index (χ0n) is 9.13. The quantitative estimate of drug-likeness (QED) is 0.865. The van der Waals surface area contributed by atoms with E-state index in [-0.39, 0.29) is 6.61 Å². The van der Waals surface area contributed by atoms with Crippen LogP contribution in [0.4, 0.5) is 0 Å². The summed E-state index contributed by atoms with van der Waals surface area (Å²) in [6.45, 7) is 4.29. The van der Waals surface area contributed by atoms with E-state index < -0.39 is 5.54 Å². The van der Waals surface area contributed by atoms with E-state index in [1.54, 1.807) is 0 Å². The number of halogens is 1. The summed E-state index contributed by atoms with van der Waals surface area (Å²) in [7, 11) is 0. The third-order valence-electron chi connectivity index (χ3n) is 3.27. The molecule has 0 bridgehead atoms. The Balaban J connectivity index is 2.51. The van der Waals surface area contributed by atoms with Crippen LogP contribution in [0.5, 0.6) is 0 Å². The van der Waals surface area contributed by atoms with Crippen molar-refractivity contribution in [2.45, 2.75) is 38.3 Å². The molecular formula is C11H17BrN2O. The summed E-state index contributed by atoms with van der Waals surface area (Å²) >= 11 is 3.61. The Hall–Kier alpha value is -0.320. The standard InChI is InChI=1S/C11H17BrN2O/c1-7(2)14-5-9-8(10(14)12)3-4-11(9,13)6-15/h5,7,15H,3-4,6,13H2,1-2H3. The molecule has 0 amide bonds. The fourth-order valence-corrected chi connectivity index (χ4v) is 3.15. The van der Waals surface area contributed by atoms with Gasteiger partial charge in [0.1, 0.15) is 0 Å². The molecule has 0 spiro atoms. The third kappa shape index (κ3) is 1.55. The van der Waals surface area contributed by atoms with Gasteiger partial charge in [-0.25, -0.2) is 0 Å². The van der Waals surface area contributed by atoms with Crippen molar-refractivity contribution < 1.29 is 5.11 Å². The molecule has 0 radical (unpaired) electrons. The summed E-state index contributed by atoms with van der Waals surface area (Å²) < 4.78 is 3.29. The van der Waals surface area contributed by atoms with E-state index >= 15 is 0 Å². The van der Waals surface area contributed by atoms with Crippen LogP contribution in [0.15, 0.2) is 10.8 Å². The molecule has 1 aromatic rings. The van der Waals surface area contributed by atoms with Crippen molar-refractivity contribution >= 4 is 15.9 Å². The molecule has 84 valence electrons. The van der Waals surface area contributed by atoms with Gasteiger partial charge >= 0.3 is 0 Å². The highest BCUT2D eigenvalue weighted by molar-refractivity contribution is 9.10. The molecule has 15 heavy (non-hydrogen) atoms. The van der Waals surface area contributed by atoms with Crippen LogP contribution in [-0.2, 0) is 12.0 Å². The molecule has 1 atom stereocenters. The topological polar surface area (TPSA) is 51.2 Å². The average molecular weight is 273 g/mol. The number of aliphatic hydroxyl groups is 1. The lowest BCUT2D eigenvalue weighted by molar-refractivity contribution is 0.196. The van der Waals surface area contributed by atoms with Crippen molar-refractivity contribution in [1.82, 2.24) is 4.57 Å². The van der Waals surface area contributed by atoms with E-state index in [4.69, 9.17) is 5.73 Å². The van der Waals surface area contributed by atoms with Gasteiger partial charge in [0.05, 0.1) is 16.7 Å². The van der Waals surface area contributed by atoms with Crippen molar-refractivity contribution in [3.05, 3.63) is 21.9 Å². The second-order valence-electron chi connectivity index (χ2n) is 4.63. The smallest absolute Gasteiger partial charge is 0.0884 e. The second kappa shape index (κ2) is 3.61. The lowest BCUT2D eigenvalue weighted by Gasteiger charge is -2.21. The van der Waals surface area contributed by atoms with Crippen molar-refractivity contribution in [3.8, 4) is 0 Å². The monoisotopic (exact) mass is 272 g/mol. The van der Waals surface area contributed by atoms with Gasteiger partial charge in [-0.15, -0.1) is 0 Å². The number of nitrogens with zero attached hydrogens (tertiary/aromatic N) is 1. The Morgan fingerprint density at radius 3 is 2.87 bits per heavy atom. The molecule has 1 heterocycles. The van der Waals surface area contributed by atoms with Crippen molar-refractivity contribution in [1.29, 1.82) is 0 Å². The third-order valence-corrected chi connectivity index (χ3v) is 4.15. The van der Waals surface area contributed by atoms with Crippen molar-refractivity contribution in [3.63, 3.8) is 0 Å². The molecule has 1 aliphatic carbocycles. The van der Waals surface area contributed by atoms with E-state index in [1.165, 1.54) is 5.56 Å². The second-order valence-corrected chi connectivity index (χ2v) is 5.38. The molecule has 3 N–H and O–H groups in total. The maximum atomic E-state index is 9.36. The van der Waals surface area contributed by atoms with Gasteiger partial charge in [-0.3, -0.25) is 0 Å². The normalized spacial score (nSPS) is 24.9. The lowest BCUT2D eigenvalue weighted by atomic mass is 9.96. The van der Waals surface area contributed by atoms with Crippen molar-refractivity contribution in [2.75, 3.05) is 6.61 Å². The highest BCUT2D eigenvalue weighted by Crippen LogP contribution is 2.40. The number of rotatable bonds is 2. The van der Waals surface area contributed by atoms with Gasteiger partial charge in [0.25, 0.3) is 0 Å². The van der Waals surface area contributed by atoms with E-state index in [9.17, 15) is 5.11 Å². The van der Waals surface area contributed by atoms with Crippen LogP contribution in [0.1, 0.15) is 37.4 Å². The fourth-order valence-electron chi connectivity index (χ4n) is 2.23. The maximum Gasteiger partial charge on any atom is 0.0884 e. The maximum absolute atomic E-state index is 9.36. The number of aliphatic hydroxyl groups excluding tert-OH is 1. The molecule has 0 aliphatic heterocycles. The van der Waals surface area contributed by atoms with Crippen LogP contribution in [0.25, 0.3) is 0 Å². The Kier molecular flexibility index (Phi) is 2.69. The van der Waals surface area contributed by atoms with Crippen LogP contribution in [0.2, 0.25) is 0 Å². The SMILES string of the molecule is CC(C)n1cc2c(c1Br)CCC2(N)CO. The summed E-state index contributed by atoms with van der Waals surface area (Å²) in [6.07, 6.45) is 3.87. The minimum atomic E-state index is -0.530. The summed E-state index contributed by atoms with van der Waals surface area (Å²) in [5.74, 6) is 0. The lowest BCUT2D eigenvalue weighted by Crippen LogP contribution is -2.37.